The predicted octanol–water partition coefficient (Wildman–Crippen LogP) is 3.00. The normalized spacial score (nSPS) is 23.5. The van der Waals surface area contributed by atoms with Gasteiger partial charge in [-0.25, -0.2) is 0 Å². The lowest BCUT2D eigenvalue weighted by molar-refractivity contribution is 0.368. The lowest BCUT2D eigenvalue weighted by atomic mass is 9.89. The standard InChI is InChI=1S/C17H26N2/c1-13(2)16-12-19(11-10-18-16)17-9-5-7-14-6-3-4-8-15(14)17/h5,7,9,13,16,18H,3-4,6,8,10-12H2,1-2H3. The molecule has 0 bridgehead atoms. The van der Waals surface area contributed by atoms with Gasteiger partial charge in [-0.05, 0) is 48.8 Å². The van der Waals surface area contributed by atoms with Crippen LogP contribution in [-0.2, 0) is 12.8 Å². The van der Waals surface area contributed by atoms with Crippen molar-refractivity contribution in [3.05, 3.63) is 29.3 Å². The molecule has 0 saturated carbocycles. The topological polar surface area (TPSA) is 15.3 Å². The summed E-state index contributed by atoms with van der Waals surface area (Å²) in [7, 11) is 0. The lowest BCUT2D eigenvalue weighted by Gasteiger charge is -2.39. The van der Waals surface area contributed by atoms with E-state index in [4.69, 9.17) is 0 Å². The summed E-state index contributed by atoms with van der Waals surface area (Å²) < 4.78 is 0. The number of benzene rings is 1. The zero-order chi connectivity index (χ0) is 13.2. The number of rotatable bonds is 2. The average Bonchev–Trinajstić information content (AvgIpc) is 2.47. The van der Waals surface area contributed by atoms with E-state index in [1.807, 2.05) is 0 Å². The van der Waals surface area contributed by atoms with Crippen LogP contribution in [0.1, 0.15) is 37.8 Å². The second kappa shape index (κ2) is 5.54. The second-order valence-electron chi connectivity index (χ2n) is 6.37. The number of hydrogen-bond donors (Lipinski definition) is 1. The summed E-state index contributed by atoms with van der Waals surface area (Å²) in [6.45, 7) is 8.07. The first-order valence-corrected chi connectivity index (χ1v) is 7.85. The second-order valence-corrected chi connectivity index (χ2v) is 6.37. The van der Waals surface area contributed by atoms with Gasteiger partial charge < -0.3 is 10.2 Å². The summed E-state index contributed by atoms with van der Waals surface area (Å²) in [6.07, 6.45) is 5.29. The van der Waals surface area contributed by atoms with Crippen LogP contribution < -0.4 is 10.2 Å². The molecule has 1 aromatic rings. The lowest BCUT2D eigenvalue weighted by Crippen LogP contribution is -2.53. The van der Waals surface area contributed by atoms with Gasteiger partial charge >= 0.3 is 0 Å². The fourth-order valence-electron chi connectivity index (χ4n) is 3.50. The molecular weight excluding hydrogens is 232 g/mol. The van der Waals surface area contributed by atoms with Gasteiger partial charge in [0.15, 0.2) is 0 Å². The van der Waals surface area contributed by atoms with Crippen LogP contribution >= 0.6 is 0 Å². The fourth-order valence-corrected chi connectivity index (χ4v) is 3.50. The van der Waals surface area contributed by atoms with Crippen LogP contribution in [0.15, 0.2) is 18.2 Å². The van der Waals surface area contributed by atoms with E-state index in [9.17, 15) is 0 Å². The summed E-state index contributed by atoms with van der Waals surface area (Å²) in [5.74, 6) is 0.710. The minimum atomic E-state index is 0.633. The highest BCUT2D eigenvalue weighted by atomic mass is 15.2. The molecule has 0 amide bonds. The highest BCUT2D eigenvalue weighted by Crippen LogP contribution is 2.31. The number of hydrogen-bond acceptors (Lipinski definition) is 2. The maximum atomic E-state index is 3.66. The summed E-state index contributed by atoms with van der Waals surface area (Å²) in [5.41, 5.74) is 4.76. The molecule has 1 atom stereocenters. The Hall–Kier alpha value is -1.02. The molecule has 2 heteroatoms. The molecular formula is C17H26N2. The number of fused-ring (bicyclic) bond motifs is 1. The van der Waals surface area contributed by atoms with Gasteiger partial charge in [0.25, 0.3) is 0 Å². The van der Waals surface area contributed by atoms with Gasteiger partial charge in [0.05, 0.1) is 0 Å². The van der Waals surface area contributed by atoms with Crippen molar-refractivity contribution >= 4 is 5.69 Å². The largest absolute Gasteiger partial charge is 0.368 e. The molecule has 1 N–H and O–H groups in total. The number of nitrogens with zero attached hydrogens (tertiary/aromatic N) is 1. The molecule has 2 nitrogen and oxygen atoms in total. The molecule has 3 rings (SSSR count). The molecule has 0 radical (unpaired) electrons. The van der Waals surface area contributed by atoms with Crippen molar-refractivity contribution < 1.29 is 0 Å². The van der Waals surface area contributed by atoms with Gasteiger partial charge in [-0.2, -0.15) is 0 Å². The van der Waals surface area contributed by atoms with Gasteiger partial charge in [-0.15, -0.1) is 0 Å². The number of aryl methyl sites for hydroxylation is 1. The molecule has 1 unspecified atom stereocenters. The molecule has 1 fully saturated rings. The molecule has 1 saturated heterocycles. The highest BCUT2D eigenvalue weighted by Gasteiger charge is 2.24. The summed E-state index contributed by atoms with van der Waals surface area (Å²) in [4.78, 5) is 2.62. The molecule has 1 aromatic carbocycles. The quantitative estimate of drug-likeness (QED) is 0.877. The molecule has 1 aliphatic heterocycles. The van der Waals surface area contributed by atoms with Crippen LogP contribution in [0.25, 0.3) is 0 Å². The Labute approximate surface area is 117 Å². The molecule has 104 valence electrons. The van der Waals surface area contributed by atoms with Crippen molar-refractivity contribution in [2.45, 2.75) is 45.6 Å². The number of nitrogens with one attached hydrogen (secondary N) is 1. The fraction of sp³-hybridized carbons (Fsp3) is 0.647. The summed E-state index contributed by atoms with van der Waals surface area (Å²) in [6, 6.07) is 7.56. The molecule has 2 aliphatic rings. The average molecular weight is 258 g/mol. The number of anilines is 1. The SMILES string of the molecule is CC(C)C1CN(c2cccc3c2CCCC3)CCN1. The van der Waals surface area contributed by atoms with E-state index < -0.39 is 0 Å². The van der Waals surface area contributed by atoms with Crippen LogP contribution in [0.2, 0.25) is 0 Å². The Kier molecular flexibility index (Phi) is 3.79. The first-order valence-electron chi connectivity index (χ1n) is 7.85. The van der Waals surface area contributed by atoms with Crippen molar-refractivity contribution in [2.75, 3.05) is 24.5 Å². The predicted molar refractivity (Wildman–Crippen MR) is 81.9 cm³/mol. The zero-order valence-corrected chi connectivity index (χ0v) is 12.3. The third-order valence-electron chi connectivity index (χ3n) is 4.72. The van der Waals surface area contributed by atoms with Crippen molar-refractivity contribution in [2.24, 2.45) is 5.92 Å². The summed E-state index contributed by atoms with van der Waals surface area (Å²) >= 11 is 0. The van der Waals surface area contributed by atoms with Crippen LogP contribution in [0, 0.1) is 5.92 Å². The van der Waals surface area contributed by atoms with E-state index in [-0.39, 0.29) is 0 Å². The van der Waals surface area contributed by atoms with Gasteiger partial charge in [0.1, 0.15) is 0 Å². The van der Waals surface area contributed by atoms with Crippen LogP contribution in [0.4, 0.5) is 5.69 Å². The minimum Gasteiger partial charge on any atom is -0.368 e. The Morgan fingerprint density at radius 2 is 2.05 bits per heavy atom. The van der Waals surface area contributed by atoms with E-state index in [2.05, 4.69) is 42.3 Å². The Morgan fingerprint density at radius 3 is 2.89 bits per heavy atom. The molecule has 1 aliphatic carbocycles. The Balaban J connectivity index is 1.85. The molecule has 0 spiro atoms. The van der Waals surface area contributed by atoms with E-state index in [1.165, 1.54) is 31.4 Å². The molecule has 19 heavy (non-hydrogen) atoms. The zero-order valence-electron chi connectivity index (χ0n) is 12.3. The van der Waals surface area contributed by atoms with Crippen molar-refractivity contribution in [1.82, 2.24) is 5.32 Å². The van der Waals surface area contributed by atoms with E-state index in [1.54, 1.807) is 11.1 Å². The smallest absolute Gasteiger partial charge is 0.0402 e. The van der Waals surface area contributed by atoms with Gasteiger partial charge in [-0.1, -0.05) is 26.0 Å². The van der Waals surface area contributed by atoms with E-state index in [0.717, 1.165) is 19.6 Å². The van der Waals surface area contributed by atoms with Gasteiger partial charge in [-0.3, -0.25) is 0 Å². The Morgan fingerprint density at radius 1 is 1.21 bits per heavy atom. The van der Waals surface area contributed by atoms with Crippen molar-refractivity contribution in [3.8, 4) is 0 Å². The van der Waals surface area contributed by atoms with E-state index in [0.29, 0.717) is 12.0 Å². The molecule has 1 heterocycles. The maximum absolute atomic E-state index is 3.66. The highest BCUT2D eigenvalue weighted by molar-refractivity contribution is 5.58. The van der Waals surface area contributed by atoms with E-state index >= 15 is 0 Å². The van der Waals surface area contributed by atoms with Crippen LogP contribution in [0.3, 0.4) is 0 Å². The number of piperazine rings is 1. The third-order valence-corrected chi connectivity index (χ3v) is 4.72. The van der Waals surface area contributed by atoms with Gasteiger partial charge in [0.2, 0.25) is 0 Å². The first kappa shape index (κ1) is 13.0. The Bertz CT molecular complexity index is 439. The van der Waals surface area contributed by atoms with Crippen LogP contribution in [0.5, 0.6) is 0 Å². The van der Waals surface area contributed by atoms with Crippen molar-refractivity contribution in [3.63, 3.8) is 0 Å². The van der Waals surface area contributed by atoms with Gasteiger partial charge in [0, 0.05) is 31.4 Å². The summed E-state index contributed by atoms with van der Waals surface area (Å²) in [5, 5.41) is 3.66. The monoisotopic (exact) mass is 258 g/mol. The maximum Gasteiger partial charge on any atom is 0.0402 e. The minimum absolute atomic E-state index is 0.633. The third kappa shape index (κ3) is 2.64. The van der Waals surface area contributed by atoms with Crippen molar-refractivity contribution in [1.29, 1.82) is 0 Å². The first-order chi connectivity index (χ1) is 9.25. The molecule has 0 aromatic heterocycles. The van der Waals surface area contributed by atoms with Crippen LogP contribution in [-0.4, -0.2) is 25.7 Å².